The van der Waals surface area contributed by atoms with Gasteiger partial charge in [-0.05, 0) is 46.8 Å². The zero-order chi connectivity index (χ0) is 46.2. The van der Waals surface area contributed by atoms with E-state index in [1.807, 2.05) is 13.0 Å². The van der Waals surface area contributed by atoms with E-state index in [-0.39, 0.29) is 31.0 Å². The summed E-state index contributed by atoms with van der Waals surface area (Å²) in [5, 5.41) is 27.0. The number of carbonyl (C=O) groups is 2. The third-order valence-corrected chi connectivity index (χ3v) is 10.5. The summed E-state index contributed by atoms with van der Waals surface area (Å²) in [6, 6.07) is 10.0. The van der Waals surface area contributed by atoms with Crippen molar-refractivity contribution in [3.05, 3.63) is 84.0 Å². The lowest BCUT2D eigenvalue weighted by atomic mass is 10.1. The molecular weight excluding hydrogens is 865 g/mol. The van der Waals surface area contributed by atoms with Crippen molar-refractivity contribution in [2.24, 2.45) is 0 Å². The molecule has 0 saturated carbocycles. The summed E-state index contributed by atoms with van der Waals surface area (Å²) in [7, 11) is 1.60. The van der Waals surface area contributed by atoms with Crippen LogP contribution in [0.1, 0.15) is 62.7 Å². The molecule has 6 N–H and O–H groups in total. The summed E-state index contributed by atoms with van der Waals surface area (Å²) in [4.78, 5) is 43.4. The van der Waals surface area contributed by atoms with Crippen molar-refractivity contribution >= 4 is 46.8 Å². The molecule has 24 heteroatoms. The third kappa shape index (κ3) is 9.14. The van der Waals surface area contributed by atoms with Gasteiger partial charge in [0.2, 0.25) is 18.0 Å². The monoisotopic (exact) mass is 912 g/mol. The number of alkyl carbamates (subject to hydrolysis) is 2. The Hall–Kier alpha value is -7.31. The van der Waals surface area contributed by atoms with Crippen molar-refractivity contribution in [2.75, 3.05) is 31.0 Å². The highest BCUT2D eigenvalue weighted by molar-refractivity contribution is 5.71. The topological polar surface area (TPSA) is 251 Å². The highest BCUT2D eigenvalue weighted by atomic mass is 19.1. The Kier molecular flexibility index (Phi) is 12.2. The predicted molar refractivity (Wildman–Crippen MR) is 230 cm³/mol. The van der Waals surface area contributed by atoms with Crippen LogP contribution < -0.4 is 25.8 Å². The number of nitrogens with one attached hydrogen (secondary N) is 6. The van der Waals surface area contributed by atoms with Gasteiger partial charge in [0, 0.05) is 55.9 Å². The van der Waals surface area contributed by atoms with Crippen molar-refractivity contribution < 1.29 is 46.6 Å². The quantitative estimate of drug-likeness (QED) is 0.0792. The number of methoxy groups -OCH3 is 1. The third-order valence-electron chi connectivity index (χ3n) is 10.5. The molecule has 2 amide bonds. The molecule has 346 valence electrons. The average molecular weight is 913 g/mol. The first-order chi connectivity index (χ1) is 31.8. The number of alkyl halides is 2. The maximum Gasteiger partial charge on any atom is 0.407 e. The van der Waals surface area contributed by atoms with Gasteiger partial charge in [0.25, 0.3) is 5.52 Å². The molecule has 2 fully saturated rings. The Labute approximate surface area is 374 Å². The number of imidazole rings is 1. The number of aromatic amines is 2. The highest BCUT2D eigenvalue weighted by Crippen LogP contribution is 2.37. The maximum absolute atomic E-state index is 16.1. The Morgan fingerprint density at radius 3 is 2.36 bits per heavy atom. The van der Waals surface area contributed by atoms with Crippen LogP contribution in [0.4, 0.5) is 41.8 Å². The number of halogens is 2. The minimum atomic E-state index is -1.73. The molecule has 2 saturated heterocycles. The van der Waals surface area contributed by atoms with E-state index in [0.717, 1.165) is 5.69 Å². The van der Waals surface area contributed by atoms with Gasteiger partial charge in [0.15, 0.2) is 30.4 Å². The molecule has 6 atom stereocenters. The number of H-pyrrole nitrogens is 2. The van der Waals surface area contributed by atoms with Gasteiger partial charge in [0.05, 0.1) is 60.2 Å². The Balaban J connectivity index is 1.02. The summed E-state index contributed by atoms with van der Waals surface area (Å²) < 4.78 is 64.2. The maximum atomic E-state index is 16.1. The molecule has 0 unspecified atom stereocenters. The first-order valence-electron chi connectivity index (χ1n) is 21.2. The number of hydrogen-bond donors (Lipinski definition) is 6. The molecule has 9 heterocycles. The molecule has 0 spiro atoms. The van der Waals surface area contributed by atoms with E-state index in [2.05, 4.69) is 51.5 Å². The van der Waals surface area contributed by atoms with Crippen molar-refractivity contribution in [3.8, 4) is 17.1 Å². The number of amides is 2. The largest absolute Gasteiger partial charge is 0.441 e. The second-order valence-corrected chi connectivity index (χ2v) is 16.4. The van der Waals surface area contributed by atoms with E-state index in [9.17, 15) is 9.59 Å². The van der Waals surface area contributed by atoms with Gasteiger partial charge in [-0.25, -0.2) is 38.0 Å². The van der Waals surface area contributed by atoms with Crippen LogP contribution in [0.5, 0.6) is 0 Å². The second kappa shape index (κ2) is 18.3. The number of aromatic nitrogens is 11. The van der Waals surface area contributed by atoms with Gasteiger partial charge < -0.3 is 45.0 Å². The minimum absolute atomic E-state index is 0.130. The SMILES string of the molecule is COCc1cc2c(Nc3cc([C@H]4OC[C@@H](OC(=O)NC(C)C)[C@H]4F)nn3-c3ccnc(-c4cc5nc(C)cn5c(Nc5cc([C@H]6OC[C@@H](OC(=O)NC(C)C)[C@@H]6F)[nH]n5)n4)c3)ncc[n+]2[nH]1. The zero-order valence-electron chi connectivity index (χ0n) is 36.7. The van der Waals surface area contributed by atoms with Crippen LogP contribution >= 0.6 is 0 Å². The number of pyridine rings is 1. The summed E-state index contributed by atoms with van der Waals surface area (Å²) in [5.74, 6) is 1.47. The number of aryl methyl sites for hydroxylation is 1. The van der Waals surface area contributed by atoms with Gasteiger partial charge in [0.1, 0.15) is 29.4 Å². The van der Waals surface area contributed by atoms with Crippen molar-refractivity contribution in [2.45, 2.75) is 90.1 Å². The fourth-order valence-corrected chi connectivity index (χ4v) is 7.65. The van der Waals surface area contributed by atoms with E-state index in [0.29, 0.717) is 69.6 Å². The number of hydrogen-bond acceptors (Lipinski definition) is 15. The Morgan fingerprint density at radius 1 is 0.909 bits per heavy atom. The predicted octanol–water partition coefficient (Wildman–Crippen LogP) is 4.93. The highest BCUT2D eigenvalue weighted by Gasteiger charge is 2.44. The summed E-state index contributed by atoms with van der Waals surface area (Å²) in [6.07, 6.45) is -2.59. The lowest BCUT2D eigenvalue weighted by Crippen LogP contribution is -2.36. The van der Waals surface area contributed by atoms with Gasteiger partial charge in [-0.1, -0.05) is 4.52 Å². The van der Waals surface area contributed by atoms with E-state index < -0.39 is 48.9 Å². The molecule has 0 radical (unpaired) electrons. The van der Waals surface area contributed by atoms with Gasteiger partial charge in [-0.15, -0.1) is 0 Å². The van der Waals surface area contributed by atoms with E-state index in [1.165, 1.54) is 0 Å². The standard InChI is InChI=1S/C42H47F2N15O7/c1-20(2)47-41(60)65-30-18-63-37(35(30)43)27-13-32(54-53-27)51-40-50-26(14-33-49-22(5)16-57(33)40)25-12-24(7-8-45-25)59-34(52-39-29-11-23(17-62-6)55-58(29)10-9-46-39)15-28(56-59)38-36(44)31(19-64-38)66-42(61)48-21(3)4/h7-16,20-21,30-31,35-38H,17-19H2,1-6H3,(H5,45,46,47,48,49,50,51,52,53,54,55,56,60,61)/p+1/t30-,31-,35+,36-,37-,38-/m1/s1. The van der Waals surface area contributed by atoms with Crippen LogP contribution in [0.3, 0.4) is 0 Å². The smallest absolute Gasteiger partial charge is 0.407 e. The normalized spacial score (nSPS) is 20.7. The number of nitrogens with zero attached hydrogens (tertiary/aromatic N) is 9. The van der Waals surface area contributed by atoms with Crippen LogP contribution in [-0.2, 0) is 30.3 Å². The van der Waals surface area contributed by atoms with Gasteiger partial charge in [-0.3, -0.25) is 14.5 Å². The first kappa shape index (κ1) is 43.9. The summed E-state index contributed by atoms with van der Waals surface area (Å²) in [6.45, 7) is 8.96. The number of carbonyl (C=O) groups excluding carboxylic acids is 2. The lowest BCUT2D eigenvalue weighted by molar-refractivity contribution is -0.577. The van der Waals surface area contributed by atoms with Crippen LogP contribution in [-0.4, -0.2) is 119 Å². The van der Waals surface area contributed by atoms with Gasteiger partial charge >= 0.3 is 12.2 Å². The lowest BCUT2D eigenvalue weighted by Gasteiger charge is -2.16. The van der Waals surface area contributed by atoms with Crippen molar-refractivity contribution in [3.63, 3.8) is 0 Å². The van der Waals surface area contributed by atoms with Crippen LogP contribution in [0.2, 0.25) is 0 Å². The van der Waals surface area contributed by atoms with Crippen molar-refractivity contribution in [1.82, 2.24) is 60.0 Å². The molecule has 2 aliphatic heterocycles. The second-order valence-electron chi connectivity index (χ2n) is 16.4. The van der Waals surface area contributed by atoms with E-state index in [1.54, 1.807) is 104 Å². The molecule has 0 bridgehead atoms. The number of anilines is 4. The molecule has 0 aromatic carbocycles. The molecule has 7 aromatic rings. The summed E-state index contributed by atoms with van der Waals surface area (Å²) >= 11 is 0. The Bertz CT molecular complexity index is 2880. The first-order valence-corrected chi connectivity index (χ1v) is 21.2. The molecule has 7 aromatic heterocycles. The van der Waals surface area contributed by atoms with Crippen LogP contribution in [0.25, 0.3) is 28.2 Å². The molecule has 0 aliphatic carbocycles. The van der Waals surface area contributed by atoms with E-state index in [4.69, 9.17) is 33.8 Å². The minimum Gasteiger partial charge on any atom is -0.441 e. The number of fused-ring (bicyclic) bond motifs is 2. The molecule has 9 rings (SSSR count). The van der Waals surface area contributed by atoms with Crippen LogP contribution in [0.15, 0.2) is 61.2 Å². The number of rotatable bonds is 14. The zero-order valence-corrected chi connectivity index (χ0v) is 36.7. The average Bonchev–Trinajstić information content (AvgIpc) is 4.14. The molecular formula is C42H48F2N15O7+. The van der Waals surface area contributed by atoms with Crippen molar-refractivity contribution in [1.29, 1.82) is 0 Å². The van der Waals surface area contributed by atoms with Crippen LogP contribution in [0, 0.1) is 6.92 Å². The molecule has 66 heavy (non-hydrogen) atoms. The van der Waals surface area contributed by atoms with E-state index >= 15 is 8.78 Å². The summed E-state index contributed by atoms with van der Waals surface area (Å²) in [5.41, 5.74) is 4.65. The fourth-order valence-electron chi connectivity index (χ4n) is 7.65. The van der Waals surface area contributed by atoms with Gasteiger partial charge in [-0.2, -0.15) is 15.3 Å². The Morgan fingerprint density at radius 2 is 1.64 bits per heavy atom. The number of ether oxygens (including phenoxy) is 5. The molecule has 22 nitrogen and oxygen atoms in total. The fraction of sp³-hybridized carbons (Fsp3) is 0.405. The molecule has 2 aliphatic rings.